The molecular formula is C21H24ClNO5. The van der Waals surface area contributed by atoms with Gasteiger partial charge in [0.2, 0.25) is 0 Å². The van der Waals surface area contributed by atoms with Gasteiger partial charge in [-0.2, -0.15) is 0 Å². The number of esters is 2. The minimum atomic E-state index is -0.665. The Morgan fingerprint density at radius 3 is 2.32 bits per heavy atom. The second kappa shape index (κ2) is 8.80. The third-order valence-corrected chi connectivity index (χ3v) is 5.47. The summed E-state index contributed by atoms with van der Waals surface area (Å²) in [6.45, 7) is 4.39. The van der Waals surface area contributed by atoms with Crippen molar-refractivity contribution in [3.05, 3.63) is 57.8 Å². The lowest BCUT2D eigenvalue weighted by molar-refractivity contribution is -0.145. The lowest BCUT2D eigenvalue weighted by Gasteiger charge is -2.40. The summed E-state index contributed by atoms with van der Waals surface area (Å²) in [4.78, 5) is 27.7. The van der Waals surface area contributed by atoms with Crippen molar-refractivity contribution in [1.82, 2.24) is 4.90 Å². The number of methoxy groups -OCH3 is 2. The van der Waals surface area contributed by atoms with Gasteiger partial charge in [0.1, 0.15) is 5.92 Å². The molecule has 1 aliphatic carbocycles. The zero-order valence-corrected chi connectivity index (χ0v) is 17.0. The lowest BCUT2D eigenvalue weighted by Crippen LogP contribution is -2.43. The molecule has 6 nitrogen and oxygen atoms in total. The first-order valence-corrected chi connectivity index (χ1v) is 9.52. The molecule has 0 aromatic heterocycles. The molecule has 2 unspecified atom stereocenters. The summed E-state index contributed by atoms with van der Waals surface area (Å²) >= 11 is 6.05. The number of rotatable bonds is 4. The monoisotopic (exact) mass is 405 g/mol. The maximum Gasteiger partial charge on any atom is 0.334 e. The fourth-order valence-corrected chi connectivity index (χ4v) is 4.02. The molecule has 7 heteroatoms. The Bertz CT molecular complexity index is 809. The Kier molecular flexibility index (Phi) is 6.42. The molecule has 0 radical (unpaired) electrons. The van der Waals surface area contributed by atoms with Crippen LogP contribution in [0.5, 0.6) is 0 Å². The van der Waals surface area contributed by atoms with Crippen LogP contribution in [-0.2, 0) is 23.8 Å². The van der Waals surface area contributed by atoms with E-state index < -0.39 is 23.8 Å². The summed E-state index contributed by atoms with van der Waals surface area (Å²) in [5.41, 5.74) is 2.87. The number of hydrogen-bond acceptors (Lipinski definition) is 6. The summed E-state index contributed by atoms with van der Waals surface area (Å²) in [6.07, 6.45) is 1.89. The summed E-state index contributed by atoms with van der Waals surface area (Å²) in [6, 6.07) is 7.17. The molecular weight excluding hydrogens is 382 g/mol. The second-order valence-electron chi connectivity index (χ2n) is 6.79. The normalized spacial score (nSPS) is 22.6. The van der Waals surface area contributed by atoms with E-state index in [0.717, 1.165) is 16.8 Å². The average Bonchev–Trinajstić information content (AvgIpc) is 2.73. The molecule has 0 amide bonds. The van der Waals surface area contributed by atoms with Gasteiger partial charge in [-0.3, -0.25) is 4.79 Å². The van der Waals surface area contributed by atoms with Crippen molar-refractivity contribution in [2.75, 3.05) is 40.5 Å². The van der Waals surface area contributed by atoms with Crippen molar-refractivity contribution < 1.29 is 23.8 Å². The number of carbonyl (C=O) groups excluding carboxylic acids is 2. The fraction of sp³-hybridized carbons (Fsp3) is 0.429. The van der Waals surface area contributed by atoms with E-state index in [9.17, 15) is 9.59 Å². The van der Waals surface area contributed by atoms with Gasteiger partial charge in [0.25, 0.3) is 0 Å². The Labute approximate surface area is 169 Å². The van der Waals surface area contributed by atoms with Crippen molar-refractivity contribution in [3.8, 4) is 0 Å². The predicted octanol–water partition coefficient (Wildman–Crippen LogP) is 2.93. The molecule has 0 saturated carbocycles. The highest BCUT2D eigenvalue weighted by Gasteiger charge is 2.44. The first-order chi connectivity index (χ1) is 13.5. The summed E-state index contributed by atoms with van der Waals surface area (Å²) in [5, 5.41) is 0.582. The summed E-state index contributed by atoms with van der Waals surface area (Å²) < 4.78 is 15.6. The van der Waals surface area contributed by atoms with Gasteiger partial charge in [-0.1, -0.05) is 23.7 Å². The number of carbonyl (C=O) groups is 2. The van der Waals surface area contributed by atoms with Crippen LogP contribution < -0.4 is 0 Å². The molecule has 3 rings (SSSR count). The van der Waals surface area contributed by atoms with Crippen molar-refractivity contribution >= 4 is 23.5 Å². The smallest absolute Gasteiger partial charge is 0.334 e. The first-order valence-electron chi connectivity index (χ1n) is 9.14. The predicted molar refractivity (Wildman–Crippen MR) is 105 cm³/mol. The number of halogens is 1. The number of morpholine rings is 1. The van der Waals surface area contributed by atoms with Gasteiger partial charge in [-0.15, -0.1) is 0 Å². The number of hydrogen-bond donors (Lipinski definition) is 0. The minimum absolute atomic E-state index is 0.397. The van der Waals surface area contributed by atoms with Gasteiger partial charge in [-0.05, 0) is 36.3 Å². The molecule has 1 fully saturated rings. The summed E-state index contributed by atoms with van der Waals surface area (Å²) in [7, 11) is 2.71. The summed E-state index contributed by atoms with van der Waals surface area (Å²) in [5.74, 6) is -2.04. The van der Waals surface area contributed by atoms with Crippen LogP contribution in [0, 0.1) is 5.92 Å². The molecule has 1 heterocycles. The molecule has 2 atom stereocenters. The molecule has 0 spiro atoms. The molecule has 2 aliphatic rings. The van der Waals surface area contributed by atoms with Crippen molar-refractivity contribution in [2.24, 2.45) is 5.92 Å². The molecule has 150 valence electrons. The lowest BCUT2D eigenvalue weighted by atomic mass is 9.73. The maximum atomic E-state index is 12.9. The van der Waals surface area contributed by atoms with Crippen LogP contribution in [0.15, 0.2) is 47.2 Å². The minimum Gasteiger partial charge on any atom is -0.468 e. The van der Waals surface area contributed by atoms with Crippen LogP contribution in [0.25, 0.3) is 0 Å². The number of benzene rings is 1. The van der Waals surface area contributed by atoms with Crippen LogP contribution >= 0.6 is 11.6 Å². The van der Waals surface area contributed by atoms with Crippen LogP contribution in [-0.4, -0.2) is 57.4 Å². The maximum absolute atomic E-state index is 12.9. The van der Waals surface area contributed by atoms with E-state index >= 15 is 0 Å². The molecule has 0 N–H and O–H groups in total. The Balaban J connectivity index is 2.17. The van der Waals surface area contributed by atoms with Gasteiger partial charge in [-0.25, -0.2) is 4.79 Å². The highest BCUT2D eigenvalue weighted by molar-refractivity contribution is 6.30. The van der Waals surface area contributed by atoms with E-state index in [1.165, 1.54) is 14.2 Å². The largest absolute Gasteiger partial charge is 0.468 e. The highest BCUT2D eigenvalue weighted by atomic mass is 35.5. The van der Waals surface area contributed by atoms with E-state index in [0.29, 0.717) is 36.9 Å². The second-order valence-corrected chi connectivity index (χ2v) is 7.22. The van der Waals surface area contributed by atoms with E-state index in [1.54, 1.807) is 12.1 Å². The van der Waals surface area contributed by atoms with Crippen LogP contribution in [0.1, 0.15) is 18.4 Å². The van der Waals surface area contributed by atoms with E-state index in [1.807, 2.05) is 25.1 Å². The van der Waals surface area contributed by atoms with Gasteiger partial charge in [0.15, 0.2) is 0 Å². The van der Waals surface area contributed by atoms with Gasteiger partial charge >= 0.3 is 11.9 Å². The van der Waals surface area contributed by atoms with Crippen LogP contribution in [0.4, 0.5) is 0 Å². The Hall–Kier alpha value is -2.31. The molecule has 1 aromatic carbocycles. The standard InChI is InChI=1S/C21H24ClNO5/c1-13-12-16(23-8-10-28-11-9-23)19(21(25)27-3)18(17(13)20(24)26-2)14-4-6-15(22)7-5-14/h4-7,12,18-19H,8-11H2,1-3H3. The third-order valence-electron chi connectivity index (χ3n) is 5.22. The third kappa shape index (κ3) is 3.93. The number of nitrogens with zero attached hydrogens (tertiary/aromatic N) is 1. The van der Waals surface area contributed by atoms with Crippen molar-refractivity contribution in [3.63, 3.8) is 0 Å². The molecule has 0 bridgehead atoms. The van der Waals surface area contributed by atoms with Crippen molar-refractivity contribution in [1.29, 1.82) is 0 Å². The van der Waals surface area contributed by atoms with Gasteiger partial charge < -0.3 is 19.1 Å². The quantitative estimate of drug-likeness (QED) is 0.717. The SMILES string of the molecule is COC(=O)C1=C(C)C=C(N2CCOCC2)C(C(=O)OC)C1c1ccc(Cl)cc1. The molecule has 1 saturated heterocycles. The zero-order chi connectivity index (χ0) is 20.3. The van der Waals surface area contributed by atoms with Gasteiger partial charge in [0, 0.05) is 35.3 Å². The zero-order valence-electron chi connectivity index (χ0n) is 16.2. The van der Waals surface area contributed by atoms with Gasteiger partial charge in [0.05, 0.1) is 27.4 Å². The first kappa shape index (κ1) is 20.4. The highest BCUT2D eigenvalue weighted by Crippen LogP contribution is 2.44. The Morgan fingerprint density at radius 2 is 1.75 bits per heavy atom. The van der Waals surface area contributed by atoms with E-state index in [4.69, 9.17) is 25.8 Å². The van der Waals surface area contributed by atoms with Crippen LogP contribution in [0.3, 0.4) is 0 Å². The molecule has 1 aliphatic heterocycles. The van der Waals surface area contributed by atoms with Crippen LogP contribution in [0.2, 0.25) is 5.02 Å². The number of allylic oxidation sites excluding steroid dienone is 2. The average molecular weight is 406 g/mol. The van der Waals surface area contributed by atoms with Crippen molar-refractivity contribution in [2.45, 2.75) is 12.8 Å². The Morgan fingerprint density at radius 1 is 1.11 bits per heavy atom. The molecule has 1 aromatic rings. The topological polar surface area (TPSA) is 65.1 Å². The van der Waals surface area contributed by atoms with E-state index in [-0.39, 0.29) is 0 Å². The molecule has 28 heavy (non-hydrogen) atoms. The fourth-order valence-electron chi connectivity index (χ4n) is 3.89. The van der Waals surface area contributed by atoms with E-state index in [2.05, 4.69) is 4.90 Å². The number of ether oxygens (including phenoxy) is 3.